The quantitative estimate of drug-likeness (QED) is 0.718. The summed E-state index contributed by atoms with van der Waals surface area (Å²) in [7, 11) is 1.54. The number of nitrogen functional groups attached to an aromatic ring is 1. The standard InChI is InChI=1S/C18H18ClN5O2/c1-11-6-7-15(26-2)14(8-11)21-18(25)16-17(20)24(23-22-16)10-12-4-3-5-13(19)9-12/h3-9H,10,20H2,1-2H3,(H,21,25). The zero-order chi connectivity index (χ0) is 18.7. The molecular formula is C18H18ClN5O2. The lowest BCUT2D eigenvalue weighted by Crippen LogP contribution is -2.16. The van der Waals surface area contributed by atoms with Gasteiger partial charge in [0.05, 0.1) is 19.3 Å². The minimum Gasteiger partial charge on any atom is -0.495 e. The molecule has 0 aliphatic carbocycles. The van der Waals surface area contributed by atoms with Crippen LogP contribution in [0.1, 0.15) is 21.6 Å². The molecule has 0 radical (unpaired) electrons. The van der Waals surface area contributed by atoms with E-state index in [0.29, 0.717) is 23.0 Å². The van der Waals surface area contributed by atoms with Gasteiger partial charge in [0.15, 0.2) is 11.5 Å². The molecular weight excluding hydrogens is 354 g/mol. The number of aromatic nitrogens is 3. The van der Waals surface area contributed by atoms with Crippen molar-refractivity contribution in [1.29, 1.82) is 0 Å². The minimum atomic E-state index is -0.455. The highest BCUT2D eigenvalue weighted by atomic mass is 35.5. The fourth-order valence-corrected chi connectivity index (χ4v) is 2.72. The van der Waals surface area contributed by atoms with Crippen LogP contribution in [0.3, 0.4) is 0 Å². The molecule has 0 aliphatic heterocycles. The van der Waals surface area contributed by atoms with E-state index in [1.807, 2.05) is 31.2 Å². The monoisotopic (exact) mass is 371 g/mol. The van der Waals surface area contributed by atoms with Gasteiger partial charge in [-0.15, -0.1) is 5.10 Å². The second-order valence-electron chi connectivity index (χ2n) is 5.77. The Morgan fingerprint density at radius 2 is 2.12 bits per heavy atom. The van der Waals surface area contributed by atoms with Crippen LogP contribution in [0, 0.1) is 6.92 Å². The number of nitrogens with zero attached hydrogens (tertiary/aromatic N) is 3. The summed E-state index contributed by atoms with van der Waals surface area (Å²) in [5.41, 5.74) is 8.54. The van der Waals surface area contributed by atoms with Crippen molar-refractivity contribution in [2.75, 3.05) is 18.2 Å². The lowest BCUT2D eigenvalue weighted by molar-refractivity contribution is 0.102. The number of hydrogen-bond donors (Lipinski definition) is 2. The molecule has 0 unspecified atom stereocenters. The fourth-order valence-electron chi connectivity index (χ4n) is 2.51. The van der Waals surface area contributed by atoms with E-state index < -0.39 is 5.91 Å². The number of carbonyl (C=O) groups excluding carboxylic acids is 1. The third-order valence-corrected chi connectivity index (χ3v) is 4.05. The van der Waals surface area contributed by atoms with Crippen LogP contribution in [-0.4, -0.2) is 28.0 Å². The van der Waals surface area contributed by atoms with Crippen LogP contribution < -0.4 is 15.8 Å². The summed E-state index contributed by atoms with van der Waals surface area (Å²) in [6.07, 6.45) is 0. The number of hydrogen-bond acceptors (Lipinski definition) is 5. The fraction of sp³-hybridized carbons (Fsp3) is 0.167. The molecule has 1 aromatic heterocycles. The zero-order valence-corrected chi connectivity index (χ0v) is 15.1. The minimum absolute atomic E-state index is 0.0515. The van der Waals surface area contributed by atoms with Gasteiger partial charge in [-0.2, -0.15) is 0 Å². The molecule has 3 N–H and O–H groups in total. The van der Waals surface area contributed by atoms with Crippen molar-refractivity contribution >= 4 is 29.0 Å². The van der Waals surface area contributed by atoms with Gasteiger partial charge in [0.1, 0.15) is 5.75 Å². The van der Waals surface area contributed by atoms with E-state index in [4.69, 9.17) is 22.1 Å². The Morgan fingerprint density at radius 1 is 1.31 bits per heavy atom. The second-order valence-corrected chi connectivity index (χ2v) is 6.21. The highest BCUT2D eigenvalue weighted by molar-refractivity contribution is 6.30. The van der Waals surface area contributed by atoms with Crippen LogP contribution in [0.25, 0.3) is 0 Å². The number of nitrogens with one attached hydrogen (secondary N) is 1. The molecule has 0 bridgehead atoms. The van der Waals surface area contributed by atoms with Crippen molar-refractivity contribution in [3.63, 3.8) is 0 Å². The molecule has 1 heterocycles. The van der Waals surface area contributed by atoms with E-state index >= 15 is 0 Å². The predicted octanol–water partition coefficient (Wildman–Crippen LogP) is 3.13. The average Bonchev–Trinajstić information content (AvgIpc) is 2.96. The summed E-state index contributed by atoms with van der Waals surface area (Å²) >= 11 is 5.99. The average molecular weight is 372 g/mol. The van der Waals surface area contributed by atoms with Crippen LogP contribution >= 0.6 is 11.6 Å². The van der Waals surface area contributed by atoms with Gasteiger partial charge in [-0.05, 0) is 42.3 Å². The third kappa shape index (κ3) is 3.78. The molecule has 134 valence electrons. The Labute approximate surface area is 155 Å². The van der Waals surface area contributed by atoms with Gasteiger partial charge in [-0.3, -0.25) is 4.79 Å². The Morgan fingerprint density at radius 3 is 2.85 bits per heavy atom. The first-order chi connectivity index (χ1) is 12.5. The van der Waals surface area contributed by atoms with E-state index in [2.05, 4.69) is 15.6 Å². The Hall–Kier alpha value is -3.06. The summed E-state index contributed by atoms with van der Waals surface area (Å²) in [6.45, 7) is 2.28. The van der Waals surface area contributed by atoms with Gasteiger partial charge < -0.3 is 15.8 Å². The van der Waals surface area contributed by atoms with Gasteiger partial charge in [-0.25, -0.2) is 4.68 Å². The van der Waals surface area contributed by atoms with E-state index in [-0.39, 0.29) is 11.5 Å². The summed E-state index contributed by atoms with van der Waals surface area (Å²) < 4.78 is 6.72. The summed E-state index contributed by atoms with van der Waals surface area (Å²) in [4.78, 5) is 12.6. The maximum atomic E-state index is 12.6. The topological polar surface area (TPSA) is 95.1 Å². The smallest absolute Gasteiger partial charge is 0.280 e. The molecule has 0 fully saturated rings. The normalized spacial score (nSPS) is 10.6. The SMILES string of the molecule is COc1ccc(C)cc1NC(=O)c1nnn(Cc2cccc(Cl)c2)c1N. The molecule has 3 aromatic rings. The molecule has 0 saturated carbocycles. The summed E-state index contributed by atoms with van der Waals surface area (Å²) in [6, 6.07) is 12.8. The summed E-state index contributed by atoms with van der Waals surface area (Å²) in [5.74, 6) is 0.270. The number of carbonyl (C=O) groups is 1. The number of nitrogens with two attached hydrogens (primary N) is 1. The van der Waals surface area contributed by atoms with Gasteiger partial charge in [0.25, 0.3) is 5.91 Å². The predicted molar refractivity (Wildman–Crippen MR) is 101 cm³/mol. The van der Waals surface area contributed by atoms with Crippen molar-refractivity contribution < 1.29 is 9.53 Å². The molecule has 2 aromatic carbocycles. The van der Waals surface area contributed by atoms with Crippen LogP contribution in [0.4, 0.5) is 11.5 Å². The molecule has 0 spiro atoms. The number of ether oxygens (including phenoxy) is 1. The molecule has 26 heavy (non-hydrogen) atoms. The molecule has 0 aliphatic rings. The first kappa shape index (κ1) is 17.8. The van der Waals surface area contributed by atoms with Crippen molar-refractivity contribution in [3.8, 4) is 5.75 Å². The van der Waals surface area contributed by atoms with Crippen LogP contribution in [-0.2, 0) is 6.54 Å². The number of halogens is 1. The Bertz CT molecular complexity index is 955. The molecule has 0 saturated heterocycles. The van der Waals surface area contributed by atoms with Crippen LogP contribution in [0.5, 0.6) is 5.75 Å². The number of aryl methyl sites for hydroxylation is 1. The molecule has 0 atom stereocenters. The van der Waals surface area contributed by atoms with Crippen molar-refractivity contribution in [3.05, 3.63) is 64.3 Å². The first-order valence-electron chi connectivity index (χ1n) is 7.87. The number of amides is 1. The molecule has 8 heteroatoms. The number of methoxy groups -OCH3 is 1. The van der Waals surface area contributed by atoms with E-state index in [9.17, 15) is 4.79 Å². The first-order valence-corrected chi connectivity index (χ1v) is 8.25. The largest absolute Gasteiger partial charge is 0.495 e. The van der Waals surface area contributed by atoms with Crippen molar-refractivity contribution in [2.45, 2.75) is 13.5 Å². The Kier molecular flexibility index (Phi) is 5.09. The van der Waals surface area contributed by atoms with Gasteiger partial charge in [0, 0.05) is 5.02 Å². The van der Waals surface area contributed by atoms with Gasteiger partial charge in [-0.1, -0.05) is 35.0 Å². The van der Waals surface area contributed by atoms with Crippen LogP contribution in [0.2, 0.25) is 5.02 Å². The molecule has 3 rings (SSSR count). The Balaban J connectivity index is 1.81. The summed E-state index contributed by atoms with van der Waals surface area (Å²) in [5, 5.41) is 11.3. The lowest BCUT2D eigenvalue weighted by atomic mass is 10.2. The van der Waals surface area contributed by atoms with Gasteiger partial charge in [0.2, 0.25) is 0 Å². The van der Waals surface area contributed by atoms with Crippen molar-refractivity contribution in [1.82, 2.24) is 15.0 Å². The highest BCUT2D eigenvalue weighted by Crippen LogP contribution is 2.26. The van der Waals surface area contributed by atoms with Crippen molar-refractivity contribution in [2.24, 2.45) is 0 Å². The number of benzene rings is 2. The third-order valence-electron chi connectivity index (χ3n) is 3.81. The van der Waals surface area contributed by atoms with E-state index in [1.54, 1.807) is 18.2 Å². The lowest BCUT2D eigenvalue weighted by Gasteiger charge is -2.10. The second kappa shape index (κ2) is 7.45. The molecule has 1 amide bonds. The van der Waals surface area contributed by atoms with Gasteiger partial charge >= 0.3 is 0 Å². The molecule has 7 nitrogen and oxygen atoms in total. The maximum absolute atomic E-state index is 12.6. The van der Waals surface area contributed by atoms with E-state index in [1.165, 1.54) is 11.8 Å². The number of anilines is 2. The van der Waals surface area contributed by atoms with Crippen LogP contribution in [0.15, 0.2) is 42.5 Å². The maximum Gasteiger partial charge on any atom is 0.280 e. The highest BCUT2D eigenvalue weighted by Gasteiger charge is 2.19. The van der Waals surface area contributed by atoms with E-state index in [0.717, 1.165) is 11.1 Å². The zero-order valence-electron chi connectivity index (χ0n) is 14.4. The number of rotatable bonds is 5.